The third-order valence-electron chi connectivity index (χ3n) is 5.41. The zero-order chi connectivity index (χ0) is 22.1. The average Bonchev–Trinajstić information content (AvgIpc) is 2.94. The lowest BCUT2D eigenvalue weighted by atomic mass is 10.1. The van der Waals surface area contributed by atoms with Gasteiger partial charge in [0.2, 0.25) is 5.91 Å². The molecule has 168 valence electrons. The predicted octanol–water partition coefficient (Wildman–Crippen LogP) is 1.32. The molecule has 0 saturated carbocycles. The van der Waals surface area contributed by atoms with Crippen molar-refractivity contribution >= 4 is 5.91 Å². The van der Waals surface area contributed by atoms with Gasteiger partial charge in [-0.15, -0.1) is 0 Å². The second kappa shape index (κ2) is 11.8. The van der Waals surface area contributed by atoms with E-state index in [2.05, 4.69) is 12.1 Å². The number of aliphatic hydroxyl groups is 2. The van der Waals surface area contributed by atoms with Crippen LogP contribution in [-0.2, 0) is 22.6 Å². The van der Waals surface area contributed by atoms with E-state index in [0.29, 0.717) is 26.2 Å². The summed E-state index contributed by atoms with van der Waals surface area (Å²) in [6.45, 7) is 2.10. The minimum absolute atomic E-state index is 0.00792. The van der Waals surface area contributed by atoms with E-state index in [4.69, 9.17) is 9.47 Å². The maximum atomic E-state index is 12.9. The molecule has 1 fully saturated rings. The fraction of sp³-hybridized carbons (Fsp3) is 0.458. The second-order valence-electron chi connectivity index (χ2n) is 7.89. The van der Waals surface area contributed by atoms with Crippen LogP contribution >= 0.6 is 0 Å². The highest BCUT2D eigenvalue weighted by molar-refractivity contribution is 5.78. The summed E-state index contributed by atoms with van der Waals surface area (Å²) in [7, 11) is 1.63. The number of amides is 1. The van der Waals surface area contributed by atoms with E-state index < -0.39 is 6.10 Å². The smallest absolute Gasteiger partial charge is 0.236 e. The van der Waals surface area contributed by atoms with Gasteiger partial charge in [-0.3, -0.25) is 9.69 Å². The Morgan fingerprint density at radius 2 is 1.87 bits per heavy atom. The van der Waals surface area contributed by atoms with Crippen molar-refractivity contribution in [2.75, 3.05) is 46.4 Å². The second-order valence-corrected chi connectivity index (χ2v) is 7.89. The quantitative estimate of drug-likeness (QED) is 0.594. The molecule has 1 saturated heterocycles. The van der Waals surface area contributed by atoms with Gasteiger partial charge >= 0.3 is 0 Å². The van der Waals surface area contributed by atoms with Gasteiger partial charge in [-0.05, 0) is 29.7 Å². The molecule has 7 heteroatoms. The van der Waals surface area contributed by atoms with E-state index in [9.17, 15) is 15.0 Å². The molecule has 2 atom stereocenters. The van der Waals surface area contributed by atoms with Gasteiger partial charge in [-0.2, -0.15) is 0 Å². The van der Waals surface area contributed by atoms with E-state index >= 15 is 0 Å². The van der Waals surface area contributed by atoms with E-state index in [1.807, 2.05) is 52.3 Å². The van der Waals surface area contributed by atoms with E-state index in [0.717, 1.165) is 17.7 Å². The Balaban J connectivity index is 1.66. The minimum Gasteiger partial charge on any atom is -0.497 e. The molecular weight excluding hydrogens is 396 g/mol. The van der Waals surface area contributed by atoms with Crippen LogP contribution in [0.2, 0.25) is 0 Å². The Morgan fingerprint density at radius 3 is 2.61 bits per heavy atom. The average molecular weight is 429 g/mol. The molecule has 0 radical (unpaired) electrons. The van der Waals surface area contributed by atoms with E-state index in [1.54, 1.807) is 7.11 Å². The molecule has 7 nitrogen and oxygen atoms in total. The first kappa shape index (κ1) is 23.2. The van der Waals surface area contributed by atoms with Crippen LogP contribution in [0.4, 0.5) is 0 Å². The summed E-state index contributed by atoms with van der Waals surface area (Å²) in [4.78, 5) is 16.6. The molecule has 1 aliphatic heterocycles. The molecular formula is C24H32N2O5. The zero-order valence-electron chi connectivity index (χ0n) is 18.0. The third kappa shape index (κ3) is 7.33. The number of ether oxygens (including phenoxy) is 2. The summed E-state index contributed by atoms with van der Waals surface area (Å²) in [5, 5.41) is 19.1. The number of β-amino-alcohol motifs (C(OH)–C–C–N with tert-alkyl or cyclic N) is 1. The summed E-state index contributed by atoms with van der Waals surface area (Å²) in [6, 6.07) is 17.8. The van der Waals surface area contributed by atoms with Gasteiger partial charge in [-0.25, -0.2) is 0 Å². The number of hydrogen-bond donors (Lipinski definition) is 2. The number of carbonyl (C=O) groups is 1. The summed E-state index contributed by atoms with van der Waals surface area (Å²) >= 11 is 0. The summed E-state index contributed by atoms with van der Waals surface area (Å²) < 4.78 is 11.5. The van der Waals surface area contributed by atoms with Crippen LogP contribution < -0.4 is 4.74 Å². The highest BCUT2D eigenvalue weighted by Crippen LogP contribution is 2.16. The number of methoxy groups -OCH3 is 1. The molecule has 0 aliphatic carbocycles. The number of hydrogen-bond acceptors (Lipinski definition) is 6. The molecule has 2 N–H and O–H groups in total. The minimum atomic E-state index is -0.886. The number of aliphatic hydroxyl groups excluding tert-OH is 2. The van der Waals surface area contributed by atoms with Crippen LogP contribution in [0, 0.1) is 0 Å². The topological polar surface area (TPSA) is 82.5 Å². The Kier molecular flexibility index (Phi) is 8.85. The van der Waals surface area contributed by atoms with Crippen LogP contribution in [-0.4, -0.2) is 84.6 Å². The molecule has 1 amide bonds. The van der Waals surface area contributed by atoms with Crippen LogP contribution in [0.1, 0.15) is 11.1 Å². The number of carbonyl (C=O) groups excluding carboxylic acids is 1. The van der Waals surface area contributed by atoms with Crippen LogP contribution in [0.25, 0.3) is 0 Å². The summed E-state index contributed by atoms with van der Waals surface area (Å²) in [5.41, 5.74) is 2.17. The molecule has 31 heavy (non-hydrogen) atoms. The molecule has 0 bridgehead atoms. The zero-order valence-corrected chi connectivity index (χ0v) is 18.0. The van der Waals surface area contributed by atoms with Crippen molar-refractivity contribution in [3.63, 3.8) is 0 Å². The molecule has 3 rings (SSSR count). The highest BCUT2D eigenvalue weighted by atomic mass is 16.5. The summed E-state index contributed by atoms with van der Waals surface area (Å²) in [6.07, 6.45) is -0.323. The molecule has 2 aromatic rings. The first-order valence-electron chi connectivity index (χ1n) is 10.6. The number of rotatable bonds is 10. The largest absolute Gasteiger partial charge is 0.497 e. The maximum absolute atomic E-state index is 12.9. The predicted molar refractivity (Wildman–Crippen MR) is 118 cm³/mol. The number of nitrogens with zero attached hydrogens (tertiary/aromatic N) is 2. The van der Waals surface area contributed by atoms with Crippen LogP contribution in [0.15, 0.2) is 54.6 Å². The fourth-order valence-corrected chi connectivity index (χ4v) is 3.75. The van der Waals surface area contributed by atoms with E-state index in [-0.39, 0.29) is 31.7 Å². The van der Waals surface area contributed by atoms with Gasteiger partial charge in [0.05, 0.1) is 39.1 Å². The normalized spacial score (nSPS) is 18.6. The first-order valence-corrected chi connectivity index (χ1v) is 10.6. The SMILES string of the molecule is COc1cccc(COC2CN(CC(O)CO)CC(=O)N(CCc3ccccc3)C2)c1. The Labute approximate surface area is 183 Å². The number of benzene rings is 2. The van der Waals surface area contributed by atoms with Crippen molar-refractivity contribution in [3.05, 3.63) is 65.7 Å². The van der Waals surface area contributed by atoms with Crippen LogP contribution in [0.5, 0.6) is 5.75 Å². The van der Waals surface area contributed by atoms with Gasteiger partial charge in [0.15, 0.2) is 0 Å². The van der Waals surface area contributed by atoms with E-state index in [1.165, 1.54) is 5.56 Å². The maximum Gasteiger partial charge on any atom is 0.236 e. The molecule has 2 unspecified atom stereocenters. The van der Waals surface area contributed by atoms with Gasteiger partial charge < -0.3 is 24.6 Å². The molecule has 1 aliphatic rings. The monoisotopic (exact) mass is 428 g/mol. The fourth-order valence-electron chi connectivity index (χ4n) is 3.75. The van der Waals surface area contributed by atoms with Crippen molar-refractivity contribution in [1.82, 2.24) is 9.80 Å². The molecule has 0 aromatic heterocycles. The molecule has 2 aromatic carbocycles. The van der Waals surface area contributed by atoms with Crippen molar-refractivity contribution < 1.29 is 24.5 Å². The van der Waals surface area contributed by atoms with Crippen LogP contribution in [0.3, 0.4) is 0 Å². The Hall–Kier alpha value is -2.45. The van der Waals surface area contributed by atoms with Crippen molar-refractivity contribution in [2.45, 2.75) is 25.2 Å². The van der Waals surface area contributed by atoms with Gasteiger partial charge in [0.25, 0.3) is 0 Å². The Morgan fingerprint density at radius 1 is 1.10 bits per heavy atom. The van der Waals surface area contributed by atoms with Gasteiger partial charge in [-0.1, -0.05) is 42.5 Å². The lowest BCUT2D eigenvalue weighted by Gasteiger charge is -2.25. The molecule has 0 spiro atoms. The highest BCUT2D eigenvalue weighted by Gasteiger charge is 2.29. The van der Waals surface area contributed by atoms with Crippen molar-refractivity contribution in [3.8, 4) is 5.75 Å². The van der Waals surface area contributed by atoms with Gasteiger partial charge in [0.1, 0.15) is 5.75 Å². The van der Waals surface area contributed by atoms with Crippen molar-refractivity contribution in [1.29, 1.82) is 0 Å². The standard InChI is InChI=1S/C24H32N2O5/c1-30-22-9-5-8-20(12-22)18-31-23-14-25(13-21(28)17-27)16-24(29)26(15-23)11-10-19-6-3-2-4-7-19/h2-9,12,21,23,27-28H,10-11,13-18H2,1H3. The third-order valence-corrected chi connectivity index (χ3v) is 5.41. The lowest BCUT2D eigenvalue weighted by molar-refractivity contribution is -0.132. The Bertz CT molecular complexity index is 817. The molecule has 1 heterocycles. The first-order chi connectivity index (χ1) is 15.1. The lowest BCUT2D eigenvalue weighted by Crippen LogP contribution is -2.41. The van der Waals surface area contributed by atoms with Gasteiger partial charge in [0, 0.05) is 26.2 Å². The van der Waals surface area contributed by atoms with Crippen molar-refractivity contribution in [2.24, 2.45) is 0 Å². The summed E-state index contributed by atoms with van der Waals surface area (Å²) in [5.74, 6) is 0.780.